The van der Waals surface area contributed by atoms with Crippen LogP contribution < -0.4 is 11.1 Å². The first-order chi connectivity index (χ1) is 8.32. The number of nitrogens with one attached hydrogen (secondary N) is 1. The van der Waals surface area contributed by atoms with Crippen molar-refractivity contribution in [3.05, 3.63) is 28.5 Å². The molecule has 1 rings (SSSR count). The summed E-state index contributed by atoms with van der Waals surface area (Å²) < 4.78 is 13.3. The van der Waals surface area contributed by atoms with Gasteiger partial charge in [-0.15, -0.1) is 0 Å². The van der Waals surface area contributed by atoms with Gasteiger partial charge in [0.1, 0.15) is 18.0 Å². The maximum absolute atomic E-state index is 13.3. The minimum absolute atomic E-state index is 0.0159. The van der Waals surface area contributed by atoms with Gasteiger partial charge in [0.25, 0.3) is 0 Å². The molecule has 5 nitrogen and oxygen atoms in total. The van der Waals surface area contributed by atoms with Crippen LogP contribution in [0.5, 0.6) is 0 Å². The third-order valence-corrected chi connectivity index (χ3v) is 2.59. The van der Waals surface area contributed by atoms with Gasteiger partial charge in [-0.3, -0.25) is 4.79 Å². The van der Waals surface area contributed by atoms with Crippen LogP contribution in [0.2, 0.25) is 5.02 Å². The van der Waals surface area contributed by atoms with Crippen molar-refractivity contribution in [2.75, 3.05) is 12.3 Å². The summed E-state index contributed by atoms with van der Waals surface area (Å²) in [6.45, 7) is 1.09. The number of nitrogens with two attached hydrogens (primary N) is 1. The van der Waals surface area contributed by atoms with Crippen molar-refractivity contribution in [2.24, 2.45) is 0 Å². The molecule has 18 heavy (non-hydrogen) atoms. The molecule has 100 valence electrons. The molecule has 1 amide bonds. The first-order valence-electron chi connectivity index (χ1n) is 5.18. The molecule has 0 aliphatic heterocycles. The predicted octanol–water partition coefficient (Wildman–Crippen LogP) is 0.592. The number of carbonyl (C=O) groups excluding carboxylic acids is 1. The average molecular weight is 277 g/mol. The van der Waals surface area contributed by atoms with Gasteiger partial charge in [-0.2, -0.15) is 0 Å². The summed E-state index contributed by atoms with van der Waals surface area (Å²) in [6.07, 6.45) is -2.75. The van der Waals surface area contributed by atoms with Gasteiger partial charge in [0.2, 0.25) is 5.91 Å². The standard InChI is InChI=1S/C11H14ClFN2O3/c1-5(16)15-4-9(17)11(18)7-2-6(12)3-8(13)10(7)14/h2-3,9,11,17-18H,4,14H2,1H3,(H,15,16). The number of anilines is 1. The van der Waals surface area contributed by atoms with Crippen LogP contribution in [-0.4, -0.2) is 28.8 Å². The maximum atomic E-state index is 13.3. The van der Waals surface area contributed by atoms with Crippen molar-refractivity contribution in [1.29, 1.82) is 0 Å². The topological polar surface area (TPSA) is 95.6 Å². The fraction of sp³-hybridized carbons (Fsp3) is 0.364. The molecule has 2 unspecified atom stereocenters. The molecule has 0 aliphatic carbocycles. The molecule has 0 saturated carbocycles. The molecule has 0 fully saturated rings. The molecule has 5 N–H and O–H groups in total. The van der Waals surface area contributed by atoms with Gasteiger partial charge in [-0.1, -0.05) is 11.6 Å². The number of amides is 1. The quantitative estimate of drug-likeness (QED) is 0.605. The lowest BCUT2D eigenvalue weighted by Gasteiger charge is -2.20. The highest BCUT2D eigenvalue weighted by atomic mass is 35.5. The molecule has 0 spiro atoms. The predicted molar refractivity (Wildman–Crippen MR) is 65.5 cm³/mol. The van der Waals surface area contributed by atoms with Gasteiger partial charge in [0, 0.05) is 24.1 Å². The Morgan fingerprint density at radius 2 is 2.17 bits per heavy atom. The summed E-state index contributed by atoms with van der Waals surface area (Å²) in [6, 6.07) is 2.27. The van der Waals surface area contributed by atoms with Crippen LogP contribution in [0, 0.1) is 5.82 Å². The van der Waals surface area contributed by atoms with E-state index in [2.05, 4.69) is 5.32 Å². The normalized spacial score (nSPS) is 14.1. The molecule has 2 atom stereocenters. The van der Waals surface area contributed by atoms with Gasteiger partial charge in [-0.25, -0.2) is 4.39 Å². The SMILES string of the molecule is CC(=O)NCC(O)C(O)c1cc(Cl)cc(F)c1N. The van der Waals surface area contributed by atoms with Gasteiger partial charge in [-0.05, 0) is 12.1 Å². The second kappa shape index (κ2) is 5.99. The van der Waals surface area contributed by atoms with Crippen molar-refractivity contribution >= 4 is 23.2 Å². The van der Waals surface area contributed by atoms with E-state index in [1.54, 1.807) is 0 Å². The highest BCUT2D eigenvalue weighted by Gasteiger charge is 2.22. The van der Waals surface area contributed by atoms with Crippen LogP contribution in [0.15, 0.2) is 12.1 Å². The summed E-state index contributed by atoms with van der Waals surface area (Å²) >= 11 is 5.64. The lowest BCUT2D eigenvalue weighted by Crippen LogP contribution is -2.34. The van der Waals surface area contributed by atoms with E-state index < -0.39 is 18.0 Å². The van der Waals surface area contributed by atoms with Crippen molar-refractivity contribution in [3.63, 3.8) is 0 Å². The number of benzene rings is 1. The Balaban J connectivity index is 2.89. The summed E-state index contributed by atoms with van der Waals surface area (Å²) in [5.41, 5.74) is 5.15. The number of hydrogen-bond acceptors (Lipinski definition) is 4. The lowest BCUT2D eigenvalue weighted by molar-refractivity contribution is -0.119. The van der Waals surface area contributed by atoms with Crippen LogP contribution in [0.3, 0.4) is 0 Å². The molecule has 0 heterocycles. The van der Waals surface area contributed by atoms with Gasteiger partial charge in [0.15, 0.2) is 0 Å². The average Bonchev–Trinajstić information content (AvgIpc) is 2.29. The monoisotopic (exact) mass is 276 g/mol. The Labute approximate surface area is 108 Å². The van der Waals surface area contributed by atoms with E-state index in [1.165, 1.54) is 13.0 Å². The number of nitrogen functional groups attached to an aromatic ring is 1. The Bertz CT molecular complexity index is 456. The van der Waals surface area contributed by atoms with E-state index in [0.29, 0.717) is 0 Å². The highest BCUT2D eigenvalue weighted by molar-refractivity contribution is 6.30. The van der Waals surface area contributed by atoms with E-state index in [0.717, 1.165) is 6.07 Å². The zero-order valence-electron chi connectivity index (χ0n) is 9.65. The minimum Gasteiger partial charge on any atom is -0.396 e. The molecule has 0 aliphatic rings. The summed E-state index contributed by atoms with van der Waals surface area (Å²) in [5, 5.41) is 21.9. The zero-order valence-corrected chi connectivity index (χ0v) is 10.4. The third kappa shape index (κ3) is 3.56. The fourth-order valence-corrected chi connectivity index (χ4v) is 1.63. The molecule has 0 radical (unpaired) electrons. The number of aliphatic hydroxyl groups excluding tert-OH is 2. The van der Waals surface area contributed by atoms with Crippen LogP contribution >= 0.6 is 11.6 Å². The summed E-state index contributed by atoms with van der Waals surface area (Å²) in [4.78, 5) is 10.7. The Hall–Kier alpha value is -1.37. The number of hydrogen-bond donors (Lipinski definition) is 4. The zero-order chi connectivity index (χ0) is 13.9. The molecule has 0 saturated heterocycles. The Morgan fingerprint density at radius 3 is 2.72 bits per heavy atom. The van der Waals surface area contributed by atoms with E-state index in [-0.39, 0.29) is 28.7 Å². The highest BCUT2D eigenvalue weighted by Crippen LogP contribution is 2.28. The van der Waals surface area contributed by atoms with Crippen molar-refractivity contribution < 1.29 is 19.4 Å². The molecule has 0 bridgehead atoms. The molecule has 7 heteroatoms. The van der Waals surface area contributed by atoms with Crippen LogP contribution in [-0.2, 0) is 4.79 Å². The van der Waals surface area contributed by atoms with Gasteiger partial charge in [0.05, 0.1) is 5.69 Å². The molecular weight excluding hydrogens is 263 g/mol. The minimum atomic E-state index is -1.44. The maximum Gasteiger partial charge on any atom is 0.216 e. The van der Waals surface area contributed by atoms with E-state index in [9.17, 15) is 19.4 Å². The van der Waals surface area contributed by atoms with Gasteiger partial charge >= 0.3 is 0 Å². The van der Waals surface area contributed by atoms with Crippen molar-refractivity contribution in [3.8, 4) is 0 Å². The van der Waals surface area contributed by atoms with Crippen molar-refractivity contribution in [1.82, 2.24) is 5.32 Å². The van der Waals surface area contributed by atoms with Crippen LogP contribution in [0.25, 0.3) is 0 Å². The molecular formula is C11H14ClFN2O3. The summed E-state index contributed by atoms with van der Waals surface area (Å²) in [7, 11) is 0. The molecule has 0 aromatic heterocycles. The number of rotatable bonds is 4. The Morgan fingerprint density at radius 1 is 1.56 bits per heavy atom. The van der Waals surface area contributed by atoms with Gasteiger partial charge < -0.3 is 21.3 Å². The Kier molecular flexibility index (Phi) is 4.89. The number of carbonyl (C=O) groups is 1. The summed E-state index contributed by atoms with van der Waals surface area (Å²) in [5.74, 6) is -1.13. The third-order valence-electron chi connectivity index (χ3n) is 2.37. The second-order valence-corrected chi connectivity index (χ2v) is 4.28. The van der Waals surface area contributed by atoms with Crippen LogP contribution in [0.1, 0.15) is 18.6 Å². The molecule has 1 aromatic carbocycles. The van der Waals surface area contributed by atoms with E-state index >= 15 is 0 Å². The van der Waals surface area contributed by atoms with Crippen LogP contribution in [0.4, 0.5) is 10.1 Å². The molecule has 1 aromatic rings. The second-order valence-electron chi connectivity index (χ2n) is 3.84. The van der Waals surface area contributed by atoms with E-state index in [4.69, 9.17) is 17.3 Å². The first kappa shape index (κ1) is 14.7. The first-order valence-corrected chi connectivity index (χ1v) is 5.55. The number of halogens is 2. The largest absolute Gasteiger partial charge is 0.396 e. The lowest BCUT2D eigenvalue weighted by atomic mass is 10.0. The smallest absolute Gasteiger partial charge is 0.216 e. The number of aliphatic hydroxyl groups is 2. The van der Waals surface area contributed by atoms with E-state index in [1.807, 2.05) is 0 Å². The van der Waals surface area contributed by atoms with Crippen molar-refractivity contribution in [2.45, 2.75) is 19.1 Å². The fourth-order valence-electron chi connectivity index (χ4n) is 1.42.